The van der Waals surface area contributed by atoms with Crippen LogP contribution in [0.25, 0.3) is 0 Å². The van der Waals surface area contributed by atoms with Crippen molar-refractivity contribution in [2.75, 3.05) is 6.54 Å². The second kappa shape index (κ2) is 8.13. The molecule has 6 nitrogen and oxygen atoms in total. The maximum absolute atomic E-state index is 10.7. The Morgan fingerprint density at radius 3 is 2.70 bits per heavy atom. The monoisotopic (exact) mass is 369 g/mol. The molecule has 2 aliphatic rings. The number of aliphatic carboxylic acids is 1. The van der Waals surface area contributed by atoms with Gasteiger partial charge in [0.25, 0.3) is 0 Å². The molecular formula is C21H27N3O3. The molecule has 6 heteroatoms. The molecule has 1 saturated carbocycles. The van der Waals surface area contributed by atoms with E-state index in [9.17, 15) is 4.79 Å². The molecule has 27 heavy (non-hydrogen) atoms. The molecule has 0 radical (unpaired) electrons. The Morgan fingerprint density at radius 1 is 1.19 bits per heavy atom. The summed E-state index contributed by atoms with van der Waals surface area (Å²) in [5.74, 6) is 0.202. The molecule has 0 amide bonds. The van der Waals surface area contributed by atoms with Gasteiger partial charge in [0.1, 0.15) is 5.75 Å². The van der Waals surface area contributed by atoms with Crippen LogP contribution in [-0.4, -0.2) is 38.4 Å². The van der Waals surface area contributed by atoms with Crippen molar-refractivity contribution < 1.29 is 14.6 Å². The highest BCUT2D eigenvalue weighted by Crippen LogP contribution is 2.25. The zero-order valence-electron chi connectivity index (χ0n) is 15.6. The van der Waals surface area contributed by atoms with Gasteiger partial charge in [-0.2, -0.15) is 5.10 Å². The van der Waals surface area contributed by atoms with E-state index in [1.54, 1.807) is 0 Å². The van der Waals surface area contributed by atoms with Crippen LogP contribution < -0.4 is 4.74 Å². The molecule has 1 aliphatic carbocycles. The average molecular weight is 369 g/mol. The van der Waals surface area contributed by atoms with Crippen molar-refractivity contribution in [2.45, 2.75) is 64.3 Å². The largest absolute Gasteiger partial charge is 0.490 e. The van der Waals surface area contributed by atoms with Gasteiger partial charge in [-0.05, 0) is 49.4 Å². The van der Waals surface area contributed by atoms with Gasteiger partial charge in [-0.25, -0.2) is 0 Å². The number of hydrogen-bond donors (Lipinski definition) is 1. The number of carboxylic acids is 1. The van der Waals surface area contributed by atoms with E-state index in [0.29, 0.717) is 12.5 Å². The Bertz CT molecular complexity index is 778. The number of aromatic nitrogens is 2. The summed E-state index contributed by atoms with van der Waals surface area (Å²) in [6.45, 7) is 3.55. The molecule has 0 unspecified atom stereocenters. The SMILES string of the molecule is O=C(O)CCc1cc2n(n1)CCN(Cc1ccc(OC3CCCC3)cc1)C2. The van der Waals surface area contributed by atoms with Crippen LogP contribution in [-0.2, 0) is 30.8 Å². The van der Waals surface area contributed by atoms with Crippen molar-refractivity contribution in [1.29, 1.82) is 0 Å². The first-order chi connectivity index (χ1) is 13.2. The number of nitrogens with zero attached hydrogens (tertiary/aromatic N) is 3. The van der Waals surface area contributed by atoms with Crippen LogP contribution in [0.2, 0.25) is 0 Å². The maximum atomic E-state index is 10.7. The summed E-state index contributed by atoms with van der Waals surface area (Å²) in [4.78, 5) is 13.1. The highest BCUT2D eigenvalue weighted by molar-refractivity contribution is 5.66. The summed E-state index contributed by atoms with van der Waals surface area (Å²) in [6.07, 6.45) is 5.95. The minimum Gasteiger partial charge on any atom is -0.490 e. The fourth-order valence-electron chi connectivity index (χ4n) is 4.00. The van der Waals surface area contributed by atoms with Gasteiger partial charge in [-0.3, -0.25) is 14.4 Å². The molecule has 1 aromatic carbocycles. The third-order valence-electron chi connectivity index (χ3n) is 5.46. The molecule has 0 saturated heterocycles. The molecule has 1 aliphatic heterocycles. The summed E-state index contributed by atoms with van der Waals surface area (Å²) in [5.41, 5.74) is 3.33. The van der Waals surface area contributed by atoms with E-state index in [2.05, 4.69) is 34.3 Å². The quantitative estimate of drug-likeness (QED) is 0.811. The first kappa shape index (κ1) is 18.0. The van der Waals surface area contributed by atoms with Gasteiger partial charge in [0.2, 0.25) is 0 Å². The number of carbonyl (C=O) groups is 1. The minimum atomic E-state index is -0.775. The third kappa shape index (κ3) is 4.69. The summed E-state index contributed by atoms with van der Waals surface area (Å²) in [7, 11) is 0. The van der Waals surface area contributed by atoms with Crippen molar-refractivity contribution >= 4 is 5.97 Å². The van der Waals surface area contributed by atoms with Gasteiger partial charge in [-0.1, -0.05) is 12.1 Å². The van der Waals surface area contributed by atoms with Gasteiger partial charge < -0.3 is 9.84 Å². The van der Waals surface area contributed by atoms with Gasteiger partial charge >= 0.3 is 5.97 Å². The van der Waals surface area contributed by atoms with Crippen LogP contribution in [0.15, 0.2) is 30.3 Å². The maximum Gasteiger partial charge on any atom is 0.303 e. The molecule has 144 valence electrons. The van der Waals surface area contributed by atoms with E-state index >= 15 is 0 Å². The smallest absolute Gasteiger partial charge is 0.303 e. The van der Waals surface area contributed by atoms with Crippen molar-refractivity contribution in [2.24, 2.45) is 0 Å². The lowest BCUT2D eigenvalue weighted by molar-refractivity contribution is -0.136. The first-order valence-electron chi connectivity index (χ1n) is 9.91. The fourth-order valence-corrected chi connectivity index (χ4v) is 4.00. The van der Waals surface area contributed by atoms with E-state index < -0.39 is 5.97 Å². The number of ether oxygens (including phenoxy) is 1. The van der Waals surface area contributed by atoms with Crippen molar-refractivity contribution in [3.63, 3.8) is 0 Å². The Kier molecular flexibility index (Phi) is 5.43. The average Bonchev–Trinajstić information content (AvgIpc) is 3.30. The van der Waals surface area contributed by atoms with Crippen LogP contribution in [0.5, 0.6) is 5.75 Å². The lowest BCUT2D eigenvalue weighted by Gasteiger charge is -2.27. The third-order valence-corrected chi connectivity index (χ3v) is 5.46. The molecule has 4 rings (SSSR count). The topological polar surface area (TPSA) is 67.6 Å². The van der Waals surface area contributed by atoms with E-state index in [4.69, 9.17) is 9.84 Å². The van der Waals surface area contributed by atoms with Crippen LogP contribution in [0.3, 0.4) is 0 Å². The minimum absolute atomic E-state index is 0.134. The summed E-state index contributed by atoms with van der Waals surface area (Å²) < 4.78 is 8.06. The number of carboxylic acid groups (broad SMARTS) is 1. The van der Waals surface area contributed by atoms with Crippen LogP contribution >= 0.6 is 0 Å². The summed E-state index contributed by atoms with van der Waals surface area (Å²) in [5, 5.41) is 13.4. The Hall–Kier alpha value is -2.34. The van der Waals surface area contributed by atoms with E-state index in [1.807, 2.05) is 10.7 Å². The number of aryl methyl sites for hydroxylation is 1. The van der Waals surface area contributed by atoms with Crippen LogP contribution in [0, 0.1) is 0 Å². The fraction of sp³-hybridized carbons (Fsp3) is 0.524. The zero-order valence-corrected chi connectivity index (χ0v) is 15.6. The molecule has 1 N–H and O–H groups in total. The normalized spacial score (nSPS) is 17.8. The lowest BCUT2D eigenvalue weighted by atomic mass is 10.1. The number of rotatable bonds is 7. The predicted octanol–water partition coefficient (Wildman–Crippen LogP) is 3.24. The van der Waals surface area contributed by atoms with E-state index in [1.165, 1.54) is 36.9 Å². The number of fused-ring (bicyclic) bond motifs is 1. The highest BCUT2D eigenvalue weighted by atomic mass is 16.5. The molecule has 2 heterocycles. The van der Waals surface area contributed by atoms with Crippen LogP contribution in [0.1, 0.15) is 49.1 Å². The highest BCUT2D eigenvalue weighted by Gasteiger charge is 2.19. The Balaban J connectivity index is 1.32. The van der Waals surface area contributed by atoms with Gasteiger partial charge in [0, 0.05) is 26.1 Å². The van der Waals surface area contributed by atoms with Gasteiger partial charge in [-0.15, -0.1) is 0 Å². The van der Waals surface area contributed by atoms with Gasteiger partial charge in [0.05, 0.1) is 30.5 Å². The molecule has 0 atom stereocenters. The van der Waals surface area contributed by atoms with Crippen molar-refractivity contribution in [3.05, 3.63) is 47.3 Å². The molecule has 0 spiro atoms. The van der Waals surface area contributed by atoms with E-state index in [-0.39, 0.29) is 6.42 Å². The standard InChI is InChI=1S/C21H27N3O3/c25-21(26)10-7-17-13-18-15-23(11-12-24(18)22-17)14-16-5-8-20(9-6-16)27-19-3-1-2-4-19/h5-6,8-9,13,19H,1-4,7,10-12,14-15H2,(H,25,26). The molecule has 0 bridgehead atoms. The van der Waals surface area contributed by atoms with Crippen LogP contribution in [0.4, 0.5) is 0 Å². The second-order valence-corrected chi connectivity index (χ2v) is 7.62. The van der Waals surface area contributed by atoms with Gasteiger partial charge in [0.15, 0.2) is 0 Å². The lowest BCUT2D eigenvalue weighted by Crippen LogP contribution is -2.33. The molecule has 2 aromatic rings. The number of hydrogen-bond acceptors (Lipinski definition) is 4. The van der Waals surface area contributed by atoms with Crippen molar-refractivity contribution in [3.8, 4) is 5.75 Å². The predicted molar refractivity (Wildman–Crippen MR) is 102 cm³/mol. The Morgan fingerprint density at radius 2 is 1.96 bits per heavy atom. The molecule has 1 aromatic heterocycles. The Labute approximate surface area is 159 Å². The summed E-state index contributed by atoms with van der Waals surface area (Å²) >= 11 is 0. The zero-order chi connectivity index (χ0) is 18.6. The molecular weight excluding hydrogens is 342 g/mol. The van der Waals surface area contributed by atoms with E-state index in [0.717, 1.165) is 37.6 Å². The number of benzene rings is 1. The summed E-state index contributed by atoms with van der Waals surface area (Å²) in [6, 6.07) is 10.5. The molecule has 1 fully saturated rings. The van der Waals surface area contributed by atoms with Crippen molar-refractivity contribution in [1.82, 2.24) is 14.7 Å². The first-order valence-corrected chi connectivity index (χ1v) is 9.91. The second-order valence-electron chi connectivity index (χ2n) is 7.62.